The van der Waals surface area contributed by atoms with Gasteiger partial charge in [0.1, 0.15) is 11.1 Å². The summed E-state index contributed by atoms with van der Waals surface area (Å²) in [4.78, 5) is 53.0. The fourth-order valence-corrected chi connectivity index (χ4v) is 3.55. The molecular formula is C24H22N4O5. The number of nitrogens with one attached hydrogen (secondary N) is 3. The van der Waals surface area contributed by atoms with Crippen LogP contribution in [-0.4, -0.2) is 34.5 Å². The minimum Gasteiger partial charge on any atom is -0.444 e. The number of benzene rings is 2. The second-order valence-electron chi connectivity index (χ2n) is 7.38. The Morgan fingerprint density at radius 1 is 0.909 bits per heavy atom. The summed E-state index contributed by atoms with van der Waals surface area (Å²) in [5.74, 6) is -0.466. The third-order valence-corrected chi connectivity index (χ3v) is 5.13. The summed E-state index contributed by atoms with van der Waals surface area (Å²) in [6.45, 7) is 2.20. The van der Waals surface area contributed by atoms with Crippen LogP contribution in [-0.2, 0) is 0 Å². The van der Waals surface area contributed by atoms with Gasteiger partial charge in [-0.1, -0.05) is 36.4 Å². The number of hydrogen-bond donors (Lipinski definition) is 3. The molecule has 0 unspecified atom stereocenters. The van der Waals surface area contributed by atoms with Crippen molar-refractivity contribution in [1.29, 1.82) is 0 Å². The van der Waals surface area contributed by atoms with E-state index in [0.717, 1.165) is 4.57 Å². The van der Waals surface area contributed by atoms with Gasteiger partial charge in [-0.25, -0.2) is 9.36 Å². The topological polar surface area (TPSA) is 126 Å². The predicted molar refractivity (Wildman–Crippen MR) is 123 cm³/mol. The van der Waals surface area contributed by atoms with E-state index in [9.17, 15) is 19.2 Å². The summed E-state index contributed by atoms with van der Waals surface area (Å²) in [6, 6.07) is 17.3. The molecule has 0 saturated heterocycles. The van der Waals surface area contributed by atoms with Crippen LogP contribution in [0.15, 0.2) is 74.7 Å². The molecule has 0 saturated carbocycles. The first-order valence-electron chi connectivity index (χ1n) is 10.4. The smallest absolute Gasteiger partial charge is 0.335 e. The molecule has 2 aromatic heterocycles. The van der Waals surface area contributed by atoms with E-state index in [1.807, 2.05) is 6.07 Å². The first kappa shape index (κ1) is 21.8. The molecule has 168 valence electrons. The average Bonchev–Trinajstić information content (AvgIpc) is 3.15. The zero-order valence-electron chi connectivity index (χ0n) is 17.9. The highest BCUT2D eigenvalue weighted by Crippen LogP contribution is 2.20. The number of furan rings is 1. The first-order chi connectivity index (χ1) is 16.0. The van der Waals surface area contributed by atoms with Crippen molar-refractivity contribution in [2.75, 3.05) is 13.1 Å². The lowest BCUT2D eigenvalue weighted by molar-refractivity contribution is 0.0952. The molecule has 0 radical (unpaired) electrons. The Bertz CT molecular complexity index is 1420. The zero-order chi connectivity index (χ0) is 23.4. The fraction of sp³-hybridized carbons (Fsp3) is 0.167. The van der Waals surface area contributed by atoms with Crippen LogP contribution in [0.25, 0.3) is 16.8 Å². The van der Waals surface area contributed by atoms with Crippen LogP contribution >= 0.6 is 0 Å². The number of aryl methyl sites for hydroxylation is 1. The fourth-order valence-electron chi connectivity index (χ4n) is 3.55. The number of carbonyl (C=O) groups excluding carboxylic acids is 2. The summed E-state index contributed by atoms with van der Waals surface area (Å²) in [5.41, 5.74) is -0.333. The van der Waals surface area contributed by atoms with Gasteiger partial charge in [0, 0.05) is 18.7 Å². The molecule has 0 fully saturated rings. The average molecular weight is 446 g/mol. The number of para-hydroxylation sites is 1. The molecular weight excluding hydrogens is 424 g/mol. The maximum atomic E-state index is 13.1. The number of H-pyrrole nitrogens is 1. The highest BCUT2D eigenvalue weighted by atomic mass is 16.3. The van der Waals surface area contributed by atoms with Crippen molar-refractivity contribution in [3.8, 4) is 5.69 Å². The summed E-state index contributed by atoms with van der Waals surface area (Å²) in [7, 11) is 0. The van der Waals surface area contributed by atoms with E-state index in [4.69, 9.17) is 4.42 Å². The van der Waals surface area contributed by atoms with Crippen LogP contribution in [0.4, 0.5) is 0 Å². The molecule has 9 nitrogen and oxygen atoms in total. The van der Waals surface area contributed by atoms with Gasteiger partial charge in [-0.3, -0.25) is 19.4 Å². The minimum atomic E-state index is -0.659. The van der Waals surface area contributed by atoms with Gasteiger partial charge >= 0.3 is 5.69 Å². The molecule has 0 spiro atoms. The lowest BCUT2D eigenvalue weighted by atomic mass is 10.1. The van der Waals surface area contributed by atoms with Crippen molar-refractivity contribution in [3.63, 3.8) is 0 Å². The summed E-state index contributed by atoms with van der Waals surface area (Å²) >= 11 is 0. The van der Waals surface area contributed by atoms with Crippen molar-refractivity contribution in [2.45, 2.75) is 13.3 Å². The molecule has 0 aliphatic rings. The van der Waals surface area contributed by atoms with Crippen LogP contribution in [0.1, 0.15) is 32.9 Å². The SMILES string of the molecule is Cc1oc2[nH]c(=O)n(-c3ccccc3)c(=O)c2c1C(=O)NCCCNC(=O)c1ccccc1. The minimum absolute atomic E-state index is 0.00540. The van der Waals surface area contributed by atoms with Gasteiger partial charge in [0.15, 0.2) is 0 Å². The number of fused-ring (bicyclic) bond motifs is 1. The van der Waals surface area contributed by atoms with Gasteiger partial charge in [0.05, 0.1) is 11.3 Å². The third kappa shape index (κ3) is 4.47. The Labute approximate surface area is 188 Å². The lowest BCUT2D eigenvalue weighted by Crippen LogP contribution is -2.35. The van der Waals surface area contributed by atoms with Gasteiger partial charge in [0.2, 0.25) is 5.71 Å². The molecule has 3 N–H and O–H groups in total. The molecule has 0 aliphatic heterocycles. The van der Waals surface area contributed by atoms with Gasteiger partial charge in [-0.2, -0.15) is 0 Å². The van der Waals surface area contributed by atoms with Crippen molar-refractivity contribution < 1.29 is 14.0 Å². The highest BCUT2D eigenvalue weighted by molar-refractivity contribution is 6.06. The molecule has 4 rings (SSSR count). The Balaban J connectivity index is 1.48. The van der Waals surface area contributed by atoms with E-state index >= 15 is 0 Å². The molecule has 0 bridgehead atoms. The standard InChI is InChI=1S/C24H22N4O5/c1-15-18(21(30)26-14-8-13-25-20(29)16-9-4-2-5-10-16)19-22(33-15)27-24(32)28(23(19)31)17-11-6-3-7-12-17/h2-7,9-12H,8,13-14H2,1H3,(H,25,29)(H,26,30)(H,27,32). The lowest BCUT2D eigenvalue weighted by Gasteiger charge is -2.07. The van der Waals surface area contributed by atoms with Crippen molar-refractivity contribution in [3.05, 3.63) is 98.4 Å². The first-order valence-corrected chi connectivity index (χ1v) is 10.4. The van der Waals surface area contributed by atoms with Crippen LogP contribution in [0.5, 0.6) is 0 Å². The Morgan fingerprint density at radius 3 is 2.18 bits per heavy atom. The van der Waals surface area contributed by atoms with Gasteiger partial charge in [-0.05, 0) is 37.6 Å². The van der Waals surface area contributed by atoms with Crippen molar-refractivity contribution >= 4 is 22.9 Å². The Hall–Kier alpha value is -4.40. The summed E-state index contributed by atoms with van der Waals surface area (Å²) in [6.07, 6.45) is 0.490. The maximum absolute atomic E-state index is 13.1. The quantitative estimate of drug-likeness (QED) is 0.375. The predicted octanol–water partition coefficient (Wildman–Crippen LogP) is 2.13. The van der Waals surface area contributed by atoms with E-state index in [2.05, 4.69) is 15.6 Å². The van der Waals surface area contributed by atoms with E-state index in [-0.39, 0.29) is 34.9 Å². The number of rotatable bonds is 7. The van der Waals surface area contributed by atoms with Crippen LogP contribution in [0.2, 0.25) is 0 Å². The Kier molecular flexibility index (Phi) is 6.21. The largest absolute Gasteiger partial charge is 0.444 e. The maximum Gasteiger partial charge on any atom is 0.335 e. The summed E-state index contributed by atoms with van der Waals surface area (Å²) in [5, 5.41) is 5.54. The van der Waals surface area contributed by atoms with Crippen LogP contribution in [0.3, 0.4) is 0 Å². The molecule has 33 heavy (non-hydrogen) atoms. The normalized spacial score (nSPS) is 10.8. The van der Waals surface area contributed by atoms with Crippen LogP contribution in [0, 0.1) is 6.92 Å². The number of aromatic amines is 1. The number of hydrogen-bond acceptors (Lipinski definition) is 5. The molecule has 2 heterocycles. The van der Waals surface area contributed by atoms with Crippen molar-refractivity contribution in [1.82, 2.24) is 20.2 Å². The highest BCUT2D eigenvalue weighted by Gasteiger charge is 2.23. The van der Waals surface area contributed by atoms with E-state index < -0.39 is 17.2 Å². The van der Waals surface area contributed by atoms with Gasteiger partial charge < -0.3 is 15.1 Å². The monoisotopic (exact) mass is 446 g/mol. The Morgan fingerprint density at radius 2 is 1.52 bits per heavy atom. The molecule has 9 heteroatoms. The number of nitrogens with zero attached hydrogens (tertiary/aromatic N) is 1. The third-order valence-electron chi connectivity index (χ3n) is 5.13. The van der Waals surface area contributed by atoms with Gasteiger partial charge in [-0.15, -0.1) is 0 Å². The van der Waals surface area contributed by atoms with E-state index in [0.29, 0.717) is 24.2 Å². The number of amides is 2. The van der Waals surface area contributed by atoms with Crippen LogP contribution < -0.4 is 21.9 Å². The second kappa shape index (κ2) is 9.39. The van der Waals surface area contributed by atoms with E-state index in [1.54, 1.807) is 61.5 Å². The summed E-state index contributed by atoms with van der Waals surface area (Å²) < 4.78 is 6.46. The molecule has 2 amide bonds. The molecule has 4 aromatic rings. The molecule has 0 aliphatic carbocycles. The zero-order valence-corrected chi connectivity index (χ0v) is 17.9. The molecule has 0 atom stereocenters. The van der Waals surface area contributed by atoms with E-state index in [1.165, 1.54) is 0 Å². The second-order valence-corrected chi connectivity index (χ2v) is 7.38. The van der Waals surface area contributed by atoms with Gasteiger partial charge in [0.25, 0.3) is 17.4 Å². The van der Waals surface area contributed by atoms with Crippen molar-refractivity contribution in [2.24, 2.45) is 0 Å². The molecule has 2 aromatic carbocycles. The number of carbonyl (C=O) groups is 2. The number of aromatic nitrogens is 2.